The summed E-state index contributed by atoms with van der Waals surface area (Å²) in [6.07, 6.45) is 3.44. The molecule has 1 aliphatic rings. The maximum Gasteiger partial charge on any atom is 0.338 e. The second kappa shape index (κ2) is 8.88. The monoisotopic (exact) mass is 416 g/mol. The molecular formula is C26H24O3S. The van der Waals surface area contributed by atoms with Crippen molar-refractivity contribution in [1.29, 1.82) is 0 Å². The van der Waals surface area contributed by atoms with Crippen molar-refractivity contribution in [3.05, 3.63) is 101 Å². The molecule has 0 saturated heterocycles. The molecule has 4 rings (SSSR count). The fourth-order valence-electron chi connectivity index (χ4n) is 4.00. The van der Waals surface area contributed by atoms with Gasteiger partial charge in [-0.25, -0.2) is 4.79 Å². The predicted octanol–water partition coefficient (Wildman–Crippen LogP) is 6.24. The van der Waals surface area contributed by atoms with Crippen molar-refractivity contribution < 1.29 is 14.3 Å². The van der Waals surface area contributed by atoms with Gasteiger partial charge in [0.1, 0.15) is 6.10 Å². The van der Waals surface area contributed by atoms with Crippen molar-refractivity contribution in [2.45, 2.75) is 36.7 Å². The third kappa shape index (κ3) is 3.92. The fraction of sp³-hybridized carbons (Fsp3) is 0.231. The number of rotatable bonds is 6. The van der Waals surface area contributed by atoms with E-state index < -0.39 is 18.0 Å². The highest BCUT2D eigenvalue weighted by Gasteiger charge is 2.43. The van der Waals surface area contributed by atoms with Crippen LogP contribution in [0.25, 0.3) is 0 Å². The van der Waals surface area contributed by atoms with E-state index >= 15 is 0 Å². The molecule has 0 bridgehead atoms. The number of thioether (sulfide) groups is 1. The van der Waals surface area contributed by atoms with Crippen LogP contribution in [0.3, 0.4) is 0 Å². The van der Waals surface area contributed by atoms with Crippen molar-refractivity contribution >= 4 is 23.5 Å². The van der Waals surface area contributed by atoms with Crippen LogP contribution in [0.4, 0.5) is 0 Å². The van der Waals surface area contributed by atoms with E-state index in [1.807, 2.05) is 54.8 Å². The number of carbonyl (C=O) groups excluding carboxylic acids is 2. The van der Waals surface area contributed by atoms with Crippen LogP contribution in [0, 0.1) is 0 Å². The standard InChI is InChI=1S/C26H24O3S/c1-3-6-17-9-11-18(12-10-17)23-24(27)21-7-4-5-8-22(21)25(23)29-26(28)19-13-15-20(30-2)16-14-19/h4-5,7-16,23,25H,3,6H2,1-2H3. The van der Waals surface area contributed by atoms with Crippen LogP contribution in [0.5, 0.6) is 0 Å². The van der Waals surface area contributed by atoms with Crippen molar-refractivity contribution in [1.82, 2.24) is 0 Å². The molecule has 3 aromatic rings. The van der Waals surface area contributed by atoms with E-state index in [0.29, 0.717) is 11.1 Å². The van der Waals surface area contributed by atoms with Crippen LogP contribution >= 0.6 is 11.8 Å². The number of hydrogen-bond donors (Lipinski definition) is 0. The number of fused-ring (bicyclic) bond motifs is 1. The first-order valence-corrected chi connectivity index (χ1v) is 11.4. The molecule has 0 saturated carbocycles. The molecule has 0 heterocycles. The maximum absolute atomic E-state index is 13.2. The highest BCUT2D eigenvalue weighted by molar-refractivity contribution is 7.98. The van der Waals surface area contributed by atoms with Crippen LogP contribution in [-0.2, 0) is 11.2 Å². The van der Waals surface area contributed by atoms with Gasteiger partial charge in [0.2, 0.25) is 0 Å². The Hall–Kier alpha value is -2.85. The number of Topliss-reactive ketones (excluding diaryl/α,β-unsaturated/α-hetero) is 1. The van der Waals surface area contributed by atoms with Gasteiger partial charge in [-0.05, 0) is 48.1 Å². The van der Waals surface area contributed by atoms with E-state index in [0.717, 1.165) is 28.9 Å². The third-order valence-corrected chi connectivity index (χ3v) is 6.30. The normalized spacial score (nSPS) is 17.6. The zero-order valence-corrected chi connectivity index (χ0v) is 17.9. The van der Waals surface area contributed by atoms with Gasteiger partial charge in [0.15, 0.2) is 5.78 Å². The molecule has 0 spiro atoms. The summed E-state index contributed by atoms with van der Waals surface area (Å²) < 4.78 is 5.95. The minimum absolute atomic E-state index is 0.00405. The number of ether oxygens (including phenoxy) is 1. The van der Waals surface area contributed by atoms with E-state index in [9.17, 15) is 9.59 Å². The number of carbonyl (C=O) groups is 2. The van der Waals surface area contributed by atoms with Crippen LogP contribution in [0.15, 0.2) is 77.7 Å². The third-order valence-electron chi connectivity index (χ3n) is 5.56. The summed E-state index contributed by atoms with van der Waals surface area (Å²) in [5.41, 5.74) is 4.02. The van der Waals surface area contributed by atoms with Crippen molar-refractivity contribution in [3.8, 4) is 0 Å². The number of esters is 1. The Labute approximate surface area is 181 Å². The molecule has 152 valence electrons. The first-order valence-electron chi connectivity index (χ1n) is 10.2. The lowest BCUT2D eigenvalue weighted by atomic mass is 9.92. The topological polar surface area (TPSA) is 43.4 Å². The summed E-state index contributed by atoms with van der Waals surface area (Å²) in [6.45, 7) is 2.15. The smallest absolute Gasteiger partial charge is 0.338 e. The molecule has 1 aliphatic carbocycles. The second-order valence-electron chi connectivity index (χ2n) is 7.48. The predicted molar refractivity (Wildman–Crippen MR) is 120 cm³/mol. The summed E-state index contributed by atoms with van der Waals surface area (Å²) >= 11 is 1.62. The molecule has 0 aliphatic heterocycles. The Kier molecular flexibility index (Phi) is 6.05. The number of aryl methyl sites for hydroxylation is 1. The van der Waals surface area contributed by atoms with Gasteiger partial charge in [0.25, 0.3) is 0 Å². The second-order valence-corrected chi connectivity index (χ2v) is 8.35. The van der Waals surface area contributed by atoms with E-state index in [1.165, 1.54) is 5.56 Å². The van der Waals surface area contributed by atoms with Crippen molar-refractivity contribution in [2.75, 3.05) is 6.26 Å². The lowest BCUT2D eigenvalue weighted by Crippen LogP contribution is -2.18. The first-order chi connectivity index (χ1) is 14.6. The molecule has 0 aromatic heterocycles. The summed E-state index contributed by atoms with van der Waals surface area (Å²) in [5, 5.41) is 0. The Balaban J connectivity index is 1.66. The van der Waals surface area contributed by atoms with Crippen LogP contribution in [0.2, 0.25) is 0 Å². The van der Waals surface area contributed by atoms with Gasteiger partial charge in [0.05, 0.1) is 11.5 Å². The average molecular weight is 417 g/mol. The Bertz CT molecular complexity index is 1050. The highest BCUT2D eigenvalue weighted by Crippen LogP contribution is 2.45. The van der Waals surface area contributed by atoms with E-state index in [1.54, 1.807) is 23.9 Å². The largest absolute Gasteiger partial charge is 0.453 e. The van der Waals surface area contributed by atoms with Gasteiger partial charge < -0.3 is 4.74 Å². The van der Waals surface area contributed by atoms with Crippen molar-refractivity contribution in [2.24, 2.45) is 0 Å². The van der Waals surface area contributed by atoms with Gasteiger partial charge in [0, 0.05) is 16.0 Å². The van der Waals surface area contributed by atoms with E-state index in [-0.39, 0.29) is 5.78 Å². The quantitative estimate of drug-likeness (QED) is 0.352. The van der Waals surface area contributed by atoms with Crippen LogP contribution in [-0.4, -0.2) is 18.0 Å². The lowest BCUT2D eigenvalue weighted by molar-refractivity contribution is 0.0258. The Morgan fingerprint density at radius 3 is 2.33 bits per heavy atom. The molecule has 0 radical (unpaired) electrons. The first kappa shape index (κ1) is 20.4. The van der Waals surface area contributed by atoms with Crippen molar-refractivity contribution in [3.63, 3.8) is 0 Å². The van der Waals surface area contributed by atoms with Gasteiger partial charge in [-0.3, -0.25) is 4.79 Å². The molecule has 0 N–H and O–H groups in total. The minimum atomic E-state index is -0.626. The molecular weight excluding hydrogens is 392 g/mol. The SMILES string of the molecule is CCCc1ccc(C2C(=O)c3ccccc3C2OC(=O)c2ccc(SC)cc2)cc1. The molecule has 30 heavy (non-hydrogen) atoms. The number of hydrogen-bond acceptors (Lipinski definition) is 4. The van der Waals surface area contributed by atoms with Gasteiger partial charge in [-0.15, -0.1) is 11.8 Å². The van der Waals surface area contributed by atoms with Gasteiger partial charge >= 0.3 is 5.97 Å². The number of ketones is 1. The van der Waals surface area contributed by atoms with Gasteiger partial charge in [-0.2, -0.15) is 0 Å². The molecule has 2 unspecified atom stereocenters. The molecule has 4 heteroatoms. The van der Waals surface area contributed by atoms with Gasteiger partial charge in [-0.1, -0.05) is 61.9 Å². The zero-order chi connectivity index (χ0) is 21.1. The summed E-state index contributed by atoms with van der Waals surface area (Å²) in [4.78, 5) is 27.2. The Morgan fingerprint density at radius 2 is 1.67 bits per heavy atom. The number of benzene rings is 3. The highest BCUT2D eigenvalue weighted by atomic mass is 32.2. The lowest BCUT2D eigenvalue weighted by Gasteiger charge is -2.21. The summed E-state index contributed by atoms with van der Waals surface area (Å²) in [5.74, 6) is -0.929. The molecule has 0 fully saturated rings. The molecule has 0 amide bonds. The fourth-order valence-corrected chi connectivity index (χ4v) is 4.41. The molecule has 3 aromatic carbocycles. The van der Waals surface area contributed by atoms with E-state index in [2.05, 4.69) is 19.1 Å². The molecule has 3 nitrogen and oxygen atoms in total. The van der Waals surface area contributed by atoms with E-state index in [4.69, 9.17) is 4.74 Å². The molecule has 2 atom stereocenters. The van der Waals surface area contributed by atoms with Crippen LogP contribution < -0.4 is 0 Å². The van der Waals surface area contributed by atoms with Crippen LogP contribution in [0.1, 0.15) is 62.8 Å². The zero-order valence-electron chi connectivity index (χ0n) is 17.1. The summed E-state index contributed by atoms with van der Waals surface area (Å²) in [6, 6.07) is 22.9. The maximum atomic E-state index is 13.2. The average Bonchev–Trinajstić information content (AvgIpc) is 3.06. The minimum Gasteiger partial charge on any atom is -0.453 e. The summed E-state index contributed by atoms with van der Waals surface area (Å²) in [7, 11) is 0. The Morgan fingerprint density at radius 1 is 0.967 bits per heavy atom.